The van der Waals surface area contributed by atoms with Crippen LogP contribution in [0.25, 0.3) is 0 Å². The molecule has 0 aliphatic heterocycles. The molecule has 0 bridgehead atoms. The molecule has 0 saturated carbocycles. The number of ether oxygens (including phenoxy) is 1. The number of carbonyl (C=O) groups excluding carboxylic acids is 2. The minimum atomic E-state index is -0.506. The van der Waals surface area contributed by atoms with Gasteiger partial charge in [-0.05, 0) is 37.0 Å². The predicted octanol–water partition coefficient (Wildman–Crippen LogP) is 2.85. The van der Waals surface area contributed by atoms with Crippen molar-refractivity contribution in [1.29, 1.82) is 0 Å². The molecule has 118 valence electrons. The molecule has 2 rings (SSSR count). The number of phenols is 2. The van der Waals surface area contributed by atoms with Crippen LogP contribution >= 0.6 is 0 Å². The fourth-order valence-electron chi connectivity index (χ4n) is 2.61. The molecule has 0 aromatic heterocycles. The molecule has 2 N–H and O–H groups in total. The smallest absolute Gasteiger partial charge is 0.196 e. The molecule has 1 aliphatic rings. The van der Waals surface area contributed by atoms with E-state index in [2.05, 4.69) is 13.8 Å². The van der Waals surface area contributed by atoms with Gasteiger partial charge in [0.25, 0.3) is 0 Å². The number of ketones is 2. The summed E-state index contributed by atoms with van der Waals surface area (Å²) in [7, 11) is 1.49. The number of fused-ring (bicyclic) bond motifs is 1. The van der Waals surface area contributed by atoms with Crippen LogP contribution in [0.2, 0.25) is 0 Å². The average molecular weight is 304 g/mol. The van der Waals surface area contributed by atoms with Crippen molar-refractivity contribution in [2.45, 2.75) is 32.8 Å². The van der Waals surface area contributed by atoms with Crippen molar-refractivity contribution in [3.63, 3.8) is 0 Å². The van der Waals surface area contributed by atoms with Gasteiger partial charge in [-0.2, -0.15) is 0 Å². The van der Waals surface area contributed by atoms with Crippen molar-refractivity contribution < 1.29 is 24.5 Å². The Bertz CT molecular complexity index is 643. The molecule has 0 radical (unpaired) electrons. The van der Waals surface area contributed by atoms with E-state index in [4.69, 9.17) is 4.74 Å². The van der Waals surface area contributed by atoms with Crippen LogP contribution in [0.4, 0.5) is 0 Å². The van der Waals surface area contributed by atoms with Crippen LogP contribution in [-0.2, 0) is 4.74 Å². The molecule has 5 nitrogen and oxygen atoms in total. The van der Waals surface area contributed by atoms with Gasteiger partial charge >= 0.3 is 0 Å². The Morgan fingerprint density at radius 2 is 1.64 bits per heavy atom. The van der Waals surface area contributed by atoms with Crippen LogP contribution < -0.4 is 0 Å². The summed E-state index contributed by atoms with van der Waals surface area (Å²) in [6, 6.07) is 2.41. The van der Waals surface area contributed by atoms with Gasteiger partial charge in [0.1, 0.15) is 11.5 Å². The molecule has 5 heteroatoms. The van der Waals surface area contributed by atoms with E-state index in [1.165, 1.54) is 25.3 Å². The summed E-state index contributed by atoms with van der Waals surface area (Å²) in [5.41, 5.74) is -0.0666. The second-order valence-electron chi connectivity index (χ2n) is 5.84. The molecular formula is C17H20O5. The maximum Gasteiger partial charge on any atom is 0.196 e. The number of allylic oxidation sites excluding steroid dienone is 1. The summed E-state index contributed by atoms with van der Waals surface area (Å²) in [5.74, 6) is -1.14. The van der Waals surface area contributed by atoms with Gasteiger partial charge in [0.2, 0.25) is 0 Å². The lowest BCUT2D eigenvalue weighted by molar-refractivity contribution is 0.0860. The Hall–Kier alpha value is -2.14. The van der Waals surface area contributed by atoms with Crippen molar-refractivity contribution in [2.24, 2.45) is 5.92 Å². The molecule has 1 aromatic carbocycles. The van der Waals surface area contributed by atoms with E-state index in [1.54, 1.807) is 0 Å². The van der Waals surface area contributed by atoms with Crippen molar-refractivity contribution in [3.05, 3.63) is 34.9 Å². The topological polar surface area (TPSA) is 83.8 Å². The van der Waals surface area contributed by atoms with Gasteiger partial charge in [-0.15, -0.1) is 0 Å². The molecule has 1 atom stereocenters. The summed E-state index contributed by atoms with van der Waals surface area (Å²) >= 11 is 0. The summed E-state index contributed by atoms with van der Waals surface area (Å²) in [5, 5.41) is 19.7. The lowest BCUT2D eigenvalue weighted by atomic mass is 9.84. The van der Waals surface area contributed by atoms with E-state index in [0.29, 0.717) is 12.3 Å². The maximum atomic E-state index is 12.6. The Kier molecular flexibility index (Phi) is 4.66. The number of rotatable bonds is 5. The van der Waals surface area contributed by atoms with Crippen LogP contribution in [0.3, 0.4) is 0 Å². The zero-order chi connectivity index (χ0) is 16.4. The Morgan fingerprint density at radius 3 is 2.18 bits per heavy atom. The Labute approximate surface area is 129 Å². The van der Waals surface area contributed by atoms with E-state index in [-0.39, 0.29) is 28.2 Å². The lowest BCUT2D eigenvalue weighted by Gasteiger charge is -2.23. The van der Waals surface area contributed by atoms with E-state index in [9.17, 15) is 19.8 Å². The number of Topliss-reactive ketones (excluding diaryl/α,β-unsaturated/α-hetero) is 1. The molecular weight excluding hydrogens is 284 g/mol. The highest BCUT2D eigenvalue weighted by atomic mass is 16.5. The van der Waals surface area contributed by atoms with Gasteiger partial charge in [0, 0.05) is 12.7 Å². The zero-order valence-electron chi connectivity index (χ0n) is 12.9. The number of carbonyl (C=O) groups is 2. The number of hydrogen-bond acceptors (Lipinski definition) is 5. The number of benzene rings is 1. The molecule has 1 aliphatic carbocycles. The standard InChI is InChI=1S/C17H20O5/c1-9(2)4-7-14(22-3)10-8-13(20)15-11(18)5-6-12(19)16(15)17(10)21/h5-6,8-9,14,18-19H,4,7H2,1-3H3. The average Bonchev–Trinajstić information content (AvgIpc) is 2.46. The van der Waals surface area contributed by atoms with E-state index in [1.807, 2.05) is 0 Å². The van der Waals surface area contributed by atoms with E-state index >= 15 is 0 Å². The predicted molar refractivity (Wildman–Crippen MR) is 81.4 cm³/mol. The first-order valence-corrected chi connectivity index (χ1v) is 7.25. The second-order valence-corrected chi connectivity index (χ2v) is 5.84. The number of hydrogen-bond donors (Lipinski definition) is 2. The maximum absolute atomic E-state index is 12.6. The zero-order valence-corrected chi connectivity index (χ0v) is 12.9. The van der Waals surface area contributed by atoms with Gasteiger partial charge in [0.05, 0.1) is 17.2 Å². The third kappa shape index (κ3) is 2.90. The van der Waals surface area contributed by atoms with Crippen molar-refractivity contribution in [2.75, 3.05) is 7.11 Å². The minimum Gasteiger partial charge on any atom is -0.507 e. The van der Waals surface area contributed by atoms with Crippen molar-refractivity contribution in [1.82, 2.24) is 0 Å². The molecule has 1 aromatic rings. The fraction of sp³-hybridized carbons (Fsp3) is 0.412. The summed E-state index contributed by atoms with van der Waals surface area (Å²) in [6.45, 7) is 4.13. The van der Waals surface area contributed by atoms with Crippen LogP contribution in [0.5, 0.6) is 11.5 Å². The number of phenolic OH excluding ortho intramolecular Hbond substituents is 2. The monoisotopic (exact) mass is 304 g/mol. The van der Waals surface area contributed by atoms with Gasteiger partial charge < -0.3 is 14.9 Å². The van der Waals surface area contributed by atoms with Gasteiger partial charge in [0.15, 0.2) is 11.6 Å². The van der Waals surface area contributed by atoms with Crippen molar-refractivity contribution >= 4 is 11.6 Å². The summed E-state index contributed by atoms with van der Waals surface area (Å²) < 4.78 is 5.36. The van der Waals surface area contributed by atoms with Crippen LogP contribution in [0.1, 0.15) is 47.4 Å². The fourth-order valence-corrected chi connectivity index (χ4v) is 2.61. The largest absolute Gasteiger partial charge is 0.507 e. The molecule has 0 amide bonds. The highest BCUT2D eigenvalue weighted by Gasteiger charge is 2.34. The molecule has 22 heavy (non-hydrogen) atoms. The van der Waals surface area contributed by atoms with Gasteiger partial charge in [-0.25, -0.2) is 0 Å². The van der Waals surface area contributed by atoms with Crippen LogP contribution in [-0.4, -0.2) is 35.0 Å². The number of methoxy groups -OCH3 is 1. The summed E-state index contributed by atoms with van der Waals surface area (Å²) in [4.78, 5) is 24.8. The lowest BCUT2D eigenvalue weighted by Crippen LogP contribution is -2.27. The van der Waals surface area contributed by atoms with Crippen molar-refractivity contribution in [3.8, 4) is 11.5 Å². The third-order valence-electron chi connectivity index (χ3n) is 3.82. The Morgan fingerprint density at radius 1 is 1.05 bits per heavy atom. The molecule has 0 spiro atoms. The van der Waals surface area contributed by atoms with E-state index in [0.717, 1.165) is 6.42 Å². The third-order valence-corrected chi connectivity index (χ3v) is 3.82. The molecule has 0 heterocycles. The first-order valence-electron chi connectivity index (χ1n) is 7.25. The first-order chi connectivity index (χ1) is 10.4. The van der Waals surface area contributed by atoms with Gasteiger partial charge in [-0.1, -0.05) is 13.8 Å². The molecule has 0 saturated heterocycles. The first kappa shape index (κ1) is 16.2. The number of aromatic hydroxyl groups is 2. The normalized spacial score (nSPS) is 15.7. The van der Waals surface area contributed by atoms with E-state index < -0.39 is 17.7 Å². The summed E-state index contributed by atoms with van der Waals surface area (Å²) in [6.07, 6.45) is 2.15. The van der Waals surface area contributed by atoms with Crippen LogP contribution in [0.15, 0.2) is 23.8 Å². The molecule has 0 fully saturated rings. The minimum absolute atomic E-state index is 0.144. The highest BCUT2D eigenvalue weighted by molar-refractivity contribution is 6.26. The SMILES string of the molecule is COC(CCC(C)C)C1=CC(=O)c2c(O)ccc(O)c2C1=O. The second kappa shape index (κ2) is 6.32. The highest BCUT2D eigenvalue weighted by Crippen LogP contribution is 2.36. The Balaban J connectivity index is 2.42. The van der Waals surface area contributed by atoms with Gasteiger partial charge in [-0.3, -0.25) is 9.59 Å². The molecule has 1 unspecified atom stereocenters. The quantitative estimate of drug-likeness (QED) is 0.817. The van der Waals surface area contributed by atoms with Crippen LogP contribution in [0, 0.1) is 5.92 Å².